The quantitative estimate of drug-likeness (QED) is 0.633. The largest absolute Gasteiger partial charge is 0.468 e. The zero-order valence-electron chi connectivity index (χ0n) is 14.4. The smallest absolute Gasteiger partial charge is 0.209 e. The molecule has 1 saturated heterocycles. The molecule has 0 aliphatic carbocycles. The Bertz CT molecular complexity index is 808. The number of halogens is 1. The van der Waals surface area contributed by atoms with Gasteiger partial charge in [-0.05, 0) is 49.2 Å². The van der Waals surface area contributed by atoms with Gasteiger partial charge >= 0.3 is 0 Å². The molecule has 26 heavy (non-hydrogen) atoms. The lowest BCUT2D eigenvalue weighted by Crippen LogP contribution is -2.31. The van der Waals surface area contributed by atoms with Gasteiger partial charge in [-0.2, -0.15) is 0 Å². The van der Waals surface area contributed by atoms with Gasteiger partial charge in [0.1, 0.15) is 11.6 Å². The van der Waals surface area contributed by atoms with E-state index < -0.39 is 0 Å². The maximum absolute atomic E-state index is 13.1. The second kappa shape index (κ2) is 7.85. The maximum atomic E-state index is 13.1. The molecule has 4 rings (SSSR count). The number of aromatic nitrogens is 1. The molecule has 1 aliphatic rings. The summed E-state index contributed by atoms with van der Waals surface area (Å²) in [5.74, 6) is 1.88. The first-order chi connectivity index (χ1) is 12.8. The highest BCUT2D eigenvalue weighted by Gasteiger charge is 2.21. The number of rotatable bonds is 7. The Balaban J connectivity index is 1.46. The van der Waals surface area contributed by atoms with Crippen LogP contribution in [0.4, 0.5) is 4.39 Å². The molecule has 1 fully saturated rings. The number of hydrogen-bond donors (Lipinski definition) is 0. The lowest BCUT2D eigenvalue weighted by atomic mass is 10.2. The summed E-state index contributed by atoms with van der Waals surface area (Å²) in [6, 6.07) is 10.1. The van der Waals surface area contributed by atoms with Gasteiger partial charge in [0.05, 0.1) is 31.7 Å². The molecule has 136 valence electrons. The van der Waals surface area contributed by atoms with Gasteiger partial charge in [-0.3, -0.25) is 4.90 Å². The molecule has 1 atom stereocenters. The van der Waals surface area contributed by atoms with E-state index in [1.165, 1.54) is 12.1 Å². The average Bonchev–Trinajstić information content (AvgIpc) is 3.38. The number of oxazole rings is 1. The van der Waals surface area contributed by atoms with E-state index in [4.69, 9.17) is 13.6 Å². The van der Waals surface area contributed by atoms with Crippen molar-refractivity contribution < 1.29 is 18.0 Å². The van der Waals surface area contributed by atoms with E-state index in [1.54, 1.807) is 24.6 Å². The van der Waals surface area contributed by atoms with Crippen molar-refractivity contribution >= 4 is 0 Å². The molecule has 3 aromatic rings. The summed E-state index contributed by atoms with van der Waals surface area (Å²) >= 11 is 0. The van der Waals surface area contributed by atoms with E-state index in [0.29, 0.717) is 24.7 Å². The fourth-order valence-corrected chi connectivity index (χ4v) is 3.21. The van der Waals surface area contributed by atoms with Gasteiger partial charge in [0.25, 0.3) is 0 Å². The second-order valence-electron chi connectivity index (χ2n) is 6.51. The summed E-state index contributed by atoms with van der Waals surface area (Å²) in [4.78, 5) is 6.60. The van der Waals surface area contributed by atoms with Gasteiger partial charge in [-0.25, -0.2) is 9.37 Å². The number of furan rings is 1. The summed E-state index contributed by atoms with van der Waals surface area (Å²) in [6.07, 6.45) is 5.77. The Hall–Kier alpha value is -2.44. The van der Waals surface area contributed by atoms with Crippen LogP contribution in [0.2, 0.25) is 0 Å². The Morgan fingerprint density at radius 3 is 2.77 bits per heavy atom. The monoisotopic (exact) mass is 356 g/mol. The molecule has 3 heterocycles. The standard InChI is InChI=1S/C20H21FN2O3/c21-16-7-5-15(6-8-16)19-11-22-20(26-19)14-23(12-17-3-1-9-24-17)13-18-4-2-10-25-18/h1,3,5-9,11,18H,2,4,10,12-14H2. The summed E-state index contributed by atoms with van der Waals surface area (Å²) in [5, 5.41) is 0. The van der Waals surface area contributed by atoms with Crippen LogP contribution < -0.4 is 0 Å². The van der Waals surface area contributed by atoms with E-state index in [-0.39, 0.29) is 11.9 Å². The van der Waals surface area contributed by atoms with E-state index in [2.05, 4.69) is 9.88 Å². The molecular formula is C20H21FN2O3. The third kappa shape index (κ3) is 4.20. The highest BCUT2D eigenvalue weighted by molar-refractivity contribution is 5.55. The molecule has 0 bridgehead atoms. The first-order valence-electron chi connectivity index (χ1n) is 8.83. The van der Waals surface area contributed by atoms with Gasteiger partial charge in [0.15, 0.2) is 5.76 Å². The summed E-state index contributed by atoms with van der Waals surface area (Å²) in [7, 11) is 0. The Labute approximate surface area is 151 Å². The van der Waals surface area contributed by atoms with Crippen molar-refractivity contribution in [1.82, 2.24) is 9.88 Å². The summed E-state index contributed by atoms with van der Waals surface area (Å²) in [6.45, 7) is 2.85. The lowest BCUT2D eigenvalue weighted by molar-refractivity contribution is 0.0624. The molecular weight excluding hydrogens is 335 g/mol. The van der Waals surface area contributed by atoms with Crippen molar-refractivity contribution in [2.24, 2.45) is 0 Å². The van der Waals surface area contributed by atoms with Crippen molar-refractivity contribution in [1.29, 1.82) is 0 Å². The zero-order valence-corrected chi connectivity index (χ0v) is 14.4. The molecule has 1 aromatic carbocycles. The third-order valence-corrected chi connectivity index (χ3v) is 4.49. The number of hydrogen-bond acceptors (Lipinski definition) is 5. The Morgan fingerprint density at radius 1 is 1.15 bits per heavy atom. The Morgan fingerprint density at radius 2 is 2.04 bits per heavy atom. The van der Waals surface area contributed by atoms with Crippen LogP contribution >= 0.6 is 0 Å². The van der Waals surface area contributed by atoms with Crippen LogP contribution in [-0.4, -0.2) is 29.1 Å². The van der Waals surface area contributed by atoms with Gasteiger partial charge in [-0.1, -0.05) is 0 Å². The topological polar surface area (TPSA) is 51.6 Å². The predicted molar refractivity (Wildman–Crippen MR) is 93.7 cm³/mol. The molecule has 0 amide bonds. The number of ether oxygens (including phenoxy) is 1. The molecule has 0 saturated carbocycles. The number of benzene rings is 1. The van der Waals surface area contributed by atoms with E-state index >= 15 is 0 Å². The fraction of sp³-hybridized carbons (Fsp3) is 0.350. The van der Waals surface area contributed by atoms with Crippen molar-refractivity contribution in [2.75, 3.05) is 13.2 Å². The highest BCUT2D eigenvalue weighted by atomic mass is 19.1. The molecule has 0 N–H and O–H groups in total. The van der Waals surface area contributed by atoms with Gasteiger partial charge in [-0.15, -0.1) is 0 Å². The third-order valence-electron chi connectivity index (χ3n) is 4.49. The minimum atomic E-state index is -0.269. The maximum Gasteiger partial charge on any atom is 0.209 e. The molecule has 2 aromatic heterocycles. The molecule has 0 radical (unpaired) electrons. The van der Waals surface area contributed by atoms with Crippen LogP contribution in [-0.2, 0) is 17.8 Å². The normalized spacial score (nSPS) is 17.2. The minimum absolute atomic E-state index is 0.233. The summed E-state index contributed by atoms with van der Waals surface area (Å²) < 4.78 is 30.2. The first-order valence-corrected chi connectivity index (χ1v) is 8.83. The molecule has 5 nitrogen and oxygen atoms in total. The second-order valence-corrected chi connectivity index (χ2v) is 6.51. The van der Waals surface area contributed by atoms with Crippen LogP contribution in [0, 0.1) is 5.82 Å². The summed E-state index contributed by atoms with van der Waals surface area (Å²) in [5.41, 5.74) is 0.807. The average molecular weight is 356 g/mol. The highest BCUT2D eigenvalue weighted by Crippen LogP contribution is 2.22. The van der Waals surface area contributed by atoms with Gasteiger partial charge in [0.2, 0.25) is 5.89 Å². The zero-order chi connectivity index (χ0) is 17.8. The van der Waals surface area contributed by atoms with E-state index in [1.807, 2.05) is 12.1 Å². The van der Waals surface area contributed by atoms with Crippen molar-refractivity contribution in [2.45, 2.75) is 32.0 Å². The molecule has 1 aliphatic heterocycles. The SMILES string of the molecule is Fc1ccc(-c2cnc(CN(Cc3ccco3)CC3CCCO3)o2)cc1. The first kappa shape index (κ1) is 17.0. The van der Waals surface area contributed by atoms with Crippen molar-refractivity contribution in [3.63, 3.8) is 0 Å². The number of nitrogens with zero attached hydrogens (tertiary/aromatic N) is 2. The Kier molecular flexibility index (Phi) is 5.13. The van der Waals surface area contributed by atoms with Crippen LogP contribution in [0.1, 0.15) is 24.5 Å². The van der Waals surface area contributed by atoms with E-state index in [0.717, 1.165) is 37.3 Å². The van der Waals surface area contributed by atoms with Gasteiger partial charge < -0.3 is 13.6 Å². The van der Waals surface area contributed by atoms with Crippen molar-refractivity contribution in [3.05, 3.63) is 66.3 Å². The van der Waals surface area contributed by atoms with Crippen LogP contribution in [0.15, 0.2) is 57.7 Å². The fourth-order valence-electron chi connectivity index (χ4n) is 3.21. The molecule has 1 unspecified atom stereocenters. The minimum Gasteiger partial charge on any atom is -0.468 e. The van der Waals surface area contributed by atoms with Gasteiger partial charge in [0, 0.05) is 18.7 Å². The lowest BCUT2D eigenvalue weighted by Gasteiger charge is -2.22. The molecule has 0 spiro atoms. The molecule has 6 heteroatoms. The van der Waals surface area contributed by atoms with Crippen LogP contribution in [0.25, 0.3) is 11.3 Å². The van der Waals surface area contributed by atoms with Crippen LogP contribution in [0.3, 0.4) is 0 Å². The van der Waals surface area contributed by atoms with Crippen molar-refractivity contribution in [3.8, 4) is 11.3 Å². The van der Waals surface area contributed by atoms with Crippen LogP contribution in [0.5, 0.6) is 0 Å². The predicted octanol–water partition coefficient (Wildman–Crippen LogP) is 4.25. The van der Waals surface area contributed by atoms with E-state index in [9.17, 15) is 4.39 Å².